The van der Waals surface area contributed by atoms with Crippen LogP contribution in [0.4, 0.5) is 0 Å². The van der Waals surface area contributed by atoms with Gasteiger partial charge in [-0.3, -0.25) is 9.59 Å². The van der Waals surface area contributed by atoms with E-state index in [-0.39, 0.29) is 11.5 Å². The van der Waals surface area contributed by atoms with Crippen LogP contribution in [-0.4, -0.2) is 32.4 Å². The number of rotatable bonds is 6. The number of nitrogens with zero attached hydrogens (tertiary/aromatic N) is 4. The lowest BCUT2D eigenvalue weighted by molar-refractivity contribution is -0.124. The zero-order chi connectivity index (χ0) is 20.2. The molecule has 1 N–H and O–H groups in total. The third-order valence-electron chi connectivity index (χ3n) is 4.60. The fourth-order valence-corrected chi connectivity index (χ4v) is 3.78. The van der Waals surface area contributed by atoms with E-state index in [9.17, 15) is 9.59 Å². The lowest BCUT2D eigenvalue weighted by atomic mass is 10.2. The number of fused-ring (bicyclic) bond motifs is 1. The molecule has 4 aromatic rings. The number of aromatic nitrogens is 4. The van der Waals surface area contributed by atoms with E-state index < -0.39 is 6.04 Å². The Bertz CT molecular complexity index is 1200. The summed E-state index contributed by atoms with van der Waals surface area (Å²) < 4.78 is 1.12. The molecule has 0 saturated carbocycles. The summed E-state index contributed by atoms with van der Waals surface area (Å²) in [7, 11) is 0. The maximum Gasteiger partial charge on any atom is 0.278 e. The highest BCUT2D eigenvalue weighted by Crippen LogP contribution is 2.21. The fraction of sp³-hybridized carbons (Fsp3) is 0.190. The number of thiazole rings is 1. The first-order valence-corrected chi connectivity index (χ1v) is 10.1. The molecule has 0 fully saturated rings. The summed E-state index contributed by atoms with van der Waals surface area (Å²) in [5, 5.41) is 14.2. The topological polar surface area (TPSA) is 89.8 Å². The van der Waals surface area contributed by atoms with Crippen molar-refractivity contribution in [3.05, 3.63) is 75.3 Å². The maximum absolute atomic E-state index is 12.6. The third-order valence-corrected chi connectivity index (χ3v) is 5.51. The van der Waals surface area contributed by atoms with Crippen molar-refractivity contribution in [2.24, 2.45) is 0 Å². The quantitative estimate of drug-likeness (QED) is 0.533. The Hall–Kier alpha value is -3.39. The van der Waals surface area contributed by atoms with Gasteiger partial charge in [0.15, 0.2) is 0 Å². The van der Waals surface area contributed by atoms with Crippen molar-refractivity contribution in [1.29, 1.82) is 0 Å². The van der Waals surface area contributed by atoms with Crippen molar-refractivity contribution in [1.82, 2.24) is 25.3 Å². The van der Waals surface area contributed by atoms with Gasteiger partial charge in [0.2, 0.25) is 5.91 Å². The minimum absolute atomic E-state index is 0.281. The van der Waals surface area contributed by atoms with Crippen LogP contribution in [0.15, 0.2) is 64.8 Å². The minimum Gasteiger partial charge on any atom is -0.354 e. The van der Waals surface area contributed by atoms with Gasteiger partial charge >= 0.3 is 0 Å². The van der Waals surface area contributed by atoms with E-state index in [1.807, 2.05) is 35.7 Å². The first kappa shape index (κ1) is 18.9. The van der Waals surface area contributed by atoms with Crippen molar-refractivity contribution in [2.45, 2.75) is 19.4 Å². The molecule has 146 valence electrons. The Morgan fingerprint density at radius 2 is 1.90 bits per heavy atom. The minimum atomic E-state index is -0.754. The number of nitrogens with one attached hydrogen (secondary N) is 1. The Morgan fingerprint density at radius 3 is 2.72 bits per heavy atom. The number of amides is 1. The number of benzene rings is 2. The first-order valence-electron chi connectivity index (χ1n) is 9.25. The van der Waals surface area contributed by atoms with Crippen LogP contribution in [0.5, 0.6) is 0 Å². The molecule has 0 unspecified atom stereocenters. The van der Waals surface area contributed by atoms with Crippen LogP contribution in [0, 0.1) is 0 Å². The van der Waals surface area contributed by atoms with Crippen molar-refractivity contribution in [3.63, 3.8) is 0 Å². The standard InChI is InChI=1S/C21H19N5O2S/c1-14(26-21(28)16-9-5-6-10-17(16)24-25-26)20(27)22-12-11-19-23-18(13-29-19)15-7-3-2-4-8-15/h2-10,13-14H,11-12H2,1H3,(H,22,27)/t14-/m0/s1. The molecule has 1 amide bonds. The van der Waals surface area contributed by atoms with Gasteiger partial charge < -0.3 is 5.32 Å². The van der Waals surface area contributed by atoms with Crippen LogP contribution in [-0.2, 0) is 11.2 Å². The predicted octanol–water partition coefficient (Wildman–Crippen LogP) is 2.83. The molecule has 4 rings (SSSR count). The SMILES string of the molecule is C[C@@H](C(=O)NCCc1nc(-c2ccccc2)cs1)n1nnc2ccccc2c1=O. The largest absolute Gasteiger partial charge is 0.354 e. The molecule has 2 aromatic carbocycles. The van der Waals surface area contributed by atoms with E-state index in [0.29, 0.717) is 23.9 Å². The number of hydrogen-bond acceptors (Lipinski definition) is 6. The highest BCUT2D eigenvalue weighted by atomic mass is 32.1. The summed E-state index contributed by atoms with van der Waals surface area (Å²) in [5.74, 6) is -0.281. The normalized spacial score (nSPS) is 12.0. The summed E-state index contributed by atoms with van der Waals surface area (Å²) in [6.45, 7) is 2.07. The summed E-state index contributed by atoms with van der Waals surface area (Å²) in [4.78, 5) is 29.7. The molecule has 0 aliphatic heterocycles. The van der Waals surface area contributed by atoms with Crippen molar-refractivity contribution in [2.75, 3.05) is 6.54 Å². The molecule has 29 heavy (non-hydrogen) atoms. The molecule has 0 bridgehead atoms. The zero-order valence-corrected chi connectivity index (χ0v) is 16.6. The smallest absolute Gasteiger partial charge is 0.278 e. The van der Waals surface area contributed by atoms with Gasteiger partial charge in [0, 0.05) is 23.9 Å². The highest BCUT2D eigenvalue weighted by molar-refractivity contribution is 7.09. The van der Waals surface area contributed by atoms with Crippen LogP contribution < -0.4 is 10.9 Å². The monoisotopic (exact) mass is 405 g/mol. The van der Waals surface area contributed by atoms with Crippen LogP contribution in [0.25, 0.3) is 22.2 Å². The van der Waals surface area contributed by atoms with Crippen molar-refractivity contribution in [3.8, 4) is 11.3 Å². The molecule has 0 spiro atoms. The van der Waals surface area contributed by atoms with E-state index in [1.165, 1.54) is 0 Å². The molecule has 2 aromatic heterocycles. The summed E-state index contributed by atoms with van der Waals surface area (Å²) in [6.07, 6.45) is 0.619. The molecule has 0 aliphatic rings. The Kier molecular flexibility index (Phi) is 5.44. The number of carbonyl (C=O) groups excluding carboxylic acids is 1. The molecule has 1 atom stereocenters. The maximum atomic E-state index is 12.6. The third kappa shape index (κ3) is 4.07. The average Bonchev–Trinajstić information content (AvgIpc) is 3.23. The van der Waals surface area contributed by atoms with Crippen LogP contribution in [0.2, 0.25) is 0 Å². The highest BCUT2D eigenvalue weighted by Gasteiger charge is 2.19. The second-order valence-electron chi connectivity index (χ2n) is 6.57. The molecular weight excluding hydrogens is 386 g/mol. The molecule has 0 radical (unpaired) electrons. The average molecular weight is 405 g/mol. The van der Waals surface area contributed by atoms with Gasteiger partial charge in [0.25, 0.3) is 5.56 Å². The molecule has 2 heterocycles. The fourth-order valence-electron chi connectivity index (χ4n) is 2.97. The molecular formula is C21H19N5O2S. The van der Waals surface area contributed by atoms with Crippen molar-refractivity contribution < 1.29 is 4.79 Å². The molecule has 0 aliphatic carbocycles. The first-order chi connectivity index (χ1) is 14.1. The second kappa shape index (κ2) is 8.32. The van der Waals surface area contributed by atoms with Gasteiger partial charge in [-0.15, -0.1) is 16.4 Å². The van der Waals surface area contributed by atoms with E-state index in [2.05, 4.69) is 20.6 Å². The Labute approximate surface area is 171 Å². The summed E-state index contributed by atoms with van der Waals surface area (Å²) >= 11 is 1.56. The zero-order valence-electron chi connectivity index (χ0n) is 15.8. The number of hydrogen-bond donors (Lipinski definition) is 1. The summed E-state index contributed by atoms with van der Waals surface area (Å²) in [6, 6.07) is 16.2. The van der Waals surface area contributed by atoms with Crippen LogP contribution in [0.3, 0.4) is 0 Å². The van der Waals surface area contributed by atoms with Gasteiger partial charge in [-0.05, 0) is 19.1 Å². The van der Waals surface area contributed by atoms with Gasteiger partial charge in [0.1, 0.15) is 11.6 Å². The molecule has 7 nitrogen and oxygen atoms in total. The van der Waals surface area contributed by atoms with E-state index in [1.54, 1.807) is 42.5 Å². The van der Waals surface area contributed by atoms with Crippen molar-refractivity contribution >= 4 is 28.1 Å². The van der Waals surface area contributed by atoms with Gasteiger partial charge in [-0.1, -0.05) is 47.7 Å². The van der Waals surface area contributed by atoms with E-state index >= 15 is 0 Å². The van der Waals surface area contributed by atoms with Gasteiger partial charge in [-0.2, -0.15) is 4.68 Å². The second-order valence-corrected chi connectivity index (χ2v) is 7.51. The van der Waals surface area contributed by atoms with Crippen LogP contribution in [0.1, 0.15) is 18.0 Å². The Morgan fingerprint density at radius 1 is 1.14 bits per heavy atom. The number of carbonyl (C=O) groups is 1. The van der Waals surface area contributed by atoms with E-state index in [0.717, 1.165) is 20.9 Å². The van der Waals surface area contributed by atoms with E-state index in [4.69, 9.17) is 0 Å². The Balaban J connectivity index is 1.38. The lowest BCUT2D eigenvalue weighted by Crippen LogP contribution is -2.38. The molecule has 8 heteroatoms. The summed E-state index contributed by atoms with van der Waals surface area (Å²) in [5.41, 5.74) is 2.19. The van der Waals surface area contributed by atoms with Gasteiger partial charge in [0.05, 0.1) is 16.1 Å². The lowest BCUT2D eigenvalue weighted by Gasteiger charge is -2.13. The molecule has 0 saturated heterocycles. The van der Waals surface area contributed by atoms with Crippen LogP contribution >= 0.6 is 11.3 Å². The predicted molar refractivity (Wildman–Crippen MR) is 113 cm³/mol. The van der Waals surface area contributed by atoms with Gasteiger partial charge in [-0.25, -0.2) is 4.98 Å².